The molecule has 1 unspecified atom stereocenters. The molecule has 1 atom stereocenters. The van der Waals surface area contributed by atoms with Crippen LogP contribution in [0, 0.1) is 0 Å². The third kappa shape index (κ3) is 2.44. The molecule has 0 bridgehead atoms. The highest BCUT2D eigenvalue weighted by molar-refractivity contribution is 6.26. The van der Waals surface area contributed by atoms with E-state index < -0.39 is 17.8 Å². The summed E-state index contributed by atoms with van der Waals surface area (Å²) in [6.07, 6.45) is 4.93. The maximum atomic E-state index is 12.8. The highest BCUT2D eigenvalue weighted by atomic mass is 16.5. The van der Waals surface area contributed by atoms with Gasteiger partial charge >= 0.3 is 5.97 Å². The molecule has 3 aromatic rings. The summed E-state index contributed by atoms with van der Waals surface area (Å²) >= 11 is 0. The van der Waals surface area contributed by atoms with Crippen molar-refractivity contribution in [1.82, 2.24) is 15.3 Å². The van der Waals surface area contributed by atoms with E-state index in [-0.39, 0.29) is 17.1 Å². The Balaban J connectivity index is 1.57. The zero-order chi connectivity index (χ0) is 19.3. The molecule has 0 aliphatic carbocycles. The standard InChI is InChI=1S/C21H15N3O4/c25-18-15(8-12-10-24-20-14(12)6-3-7-22-20)28-19(16(18)21(26)27)17-13-5-2-1-4-11(13)9-23-17/h1-8,10,17,23H,9H2,(H,22,24)(H,26,27)/b15-8-. The van der Waals surface area contributed by atoms with Crippen LogP contribution in [0.25, 0.3) is 17.1 Å². The summed E-state index contributed by atoms with van der Waals surface area (Å²) in [4.78, 5) is 31.9. The van der Waals surface area contributed by atoms with Crippen LogP contribution in [0.15, 0.2) is 65.9 Å². The van der Waals surface area contributed by atoms with Crippen molar-refractivity contribution in [2.45, 2.75) is 12.6 Å². The first-order chi connectivity index (χ1) is 13.6. The Bertz CT molecular complexity index is 1210. The summed E-state index contributed by atoms with van der Waals surface area (Å²) in [5.41, 5.74) is 3.02. The van der Waals surface area contributed by atoms with Gasteiger partial charge in [-0.3, -0.25) is 10.1 Å². The SMILES string of the molecule is O=C(O)C1=C(C2NCc3ccccc32)O/C(=C\c2c[nH]c3ncccc23)C1=O. The second-order valence-electron chi connectivity index (χ2n) is 6.64. The van der Waals surface area contributed by atoms with Crippen molar-refractivity contribution in [1.29, 1.82) is 0 Å². The molecule has 0 fully saturated rings. The van der Waals surface area contributed by atoms with Crippen LogP contribution in [0.4, 0.5) is 0 Å². The summed E-state index contributed by atoms with van der Waals surface area (Å²) in [6, 6.07) is 10.9. The van der Waals surface area contributed by atoms with Crippen LogP contribution in [-0.4, -0.2) is 26.8 Å². The summed E-state index contributed by atoms with van der Waals surface area (Å²) in [5.74, 6) is -1.81. The molecule has 7 nitrogen and oxygen atoms in total. The molecule has 2 aliphatic rings. The summed E-state index contributed by atoms with van der Waals surface area (Å²) < 4.78 is 5.82. The first-order valence-electron chi connectivity index (χ1n) is 8.78. The topological polar surface area (TPSA) is 104 Å². The number of ether oxygens (including phenoxy) is 1. The molecule has 0 radical (unpaired) electrons. The number of aromatic nitrogens is 2. The van der Waals surface area contributed by atoms with Crippen LogP contribution in [0.5, 0.6) is 0 Å². The molecule has 7 heteroatoms. The number of nitrogens with one attached hydrogen (secondary N) is 2. The number of hydrogen-bond donors (Lipinski definition) is 3. The first-order valence-corrected chi connectivity index (χ1v) is 8.78. The normalized spacial score (nSPS) is 20.1. The van der Waals surface area contributed by atoms with Gasteiger partial charge in [-0.2, -0.15) is 0 Å². The van der Waals surface area contributed by atoms with Gasteiger partial charge in [0, 0.05) is 29.9 Å². The van der Waals surface area contributed by atoms with Gasteiger partial charge in [-0.05, 0) is 29.3 Å². The molecular formula is C21H15N3O4. The molecule has 0 saturated carbocycles. The minimum Gasteiger partial charge on any atom is -0.477 e. The minimum absolute atomic E-state index is 0.0108. The van der Waals surface area contributed by atoms with E-state index in [0.29, 0.717) is 17.8 Å². The first kappa shape index (κ1) is 16.5. The average molecular weight is 373 g/mol. The Morgan fingerprint density at radius 2 is 2.11 bits per heavy atom. The van der Waals surface area contributed by atoms with Crippen molar-refractivity contribution < 1.29 is 19.4 Å². The summed E-state index contributed by atoms with van der Waals surface area (Å²) in [7, 11) is 0. The van der Waals surface area contributed by atoms with E-state index >= 15 is 0 Å². The number of rotatable bonds is 3. The maximum absolute atomic E-state index is 12.8. The van der Waals surface area contributed by atoms with Crippen LogP contribution < -0.4 is 5.32 Å². The lowest BCUT2D eigenvalue weighted by Crippen LogP contribution is -2.18. The zero-order valence-corrected chi connectivity index (χ0v) is 14.6. The molecule has 0 saturated heterocycles. The number of allylic oxidation sites excluding steroid dienone is 1. The maximum Gasteiger partial charge on any atom is 0.343 e. The third-order valence-corrected chi connectivity index (χ3v) is 5.03. The van der Waals surface area contributed by atoms with Crippen molar-refractivity contribution in [3.8, 4) is 0 Å². The zero-order valence-electron chi connectivity index (χ0n) is 14.6. The molecule has 4 heterocycles. The predicted molar refractivity (Wildman–Crippen MR) is 101 cm³/mol. The van der Waals surface area contributed by atoms with Crippen LogP contribution in [0.1, 0.15) is 22.7 Å². The Morgan fingerprint density at radius 3 is 2.96 bits per heavy atom. The number of carbonyl (C=O) groups is 2. The van der Waals surface area contributed by atoms with E-state index in [1.54, 1.807) is 24.5 Å². The van der Waals surface area contributed by atoms with Gasteiger partial charge in [0.1, 0.15) is 11.4 Å². The second kappa shape index (κ2) is 6.17. The quantitative estimate of drug-likeness (QED) is 0.482. The average Bonchev–Trinajstić information content (AvgIpc) is 3.38. The number of aliphatic carboxylic acids is 1. The van der Waals surface area contributed by atoms with Gasteiger partial charge in [-0.1, -0.05) is 24.3 Å². The van der Waals surface area contributed by atoms with Crippen molar-refractivity contribution in [2.75, 3.05) is 0 Å². The van der Waals surface area contributed by atoms with Gasteiger partial charge in [0.05, 0.1) is 6.04 Å². The van der Waals surface area contributed by atoms with Crippen molar-refractivity contribution >= 4 is 28.9 Å². The van der Waals surface area contributed by atoms with E-state index in [4.69, 9.17) is 4.74 Å². The fourth-order valence-electron chi connectivity index (χ4n) is 3.72. The second-order valence-corrected chi connectivity index (χ2v) is 6.64. The van der Waals surface area contributed by atoms with E-state index in [0.717, 1.165) is 16.5 Å². The van der Waals surface area contributed by atoms with Crippen molar-refractivity contribution in [3.63, 3.8) is 0 Å². The van der Waals surface area contributed by atoms with E-state index in [1.165, 1.54) is 0 Å². The largest absolute Gasteiger partial charge is 0.477 e. The molecule has 28 heavy (non-hydrogen) atoms. The van der Waals surface area contributed by atoms with E-state index in [2.05, 4.69) is 15.3 Å². The highest BCUT2D eigenvalue weighted by Crippen LogP contribution is 2.39. The minimum atomic E-state index is -1.30. The number of carboxylic acid groups (broad SMARTS) is 1. The summed E-state index contributed by atoms with van der Waals surface area (Å²) in [5, 5.41) is 13.7. The molecule has 138 valence electrons. The molecule has 2 aliphatic heterocycles. The van der Waals surface area contributed by atoms with Crippen LogP contribution in [0.2, 0.25) is 0 Å². The van der Waals surface area contributed by atoms with Crippen LogP contribution in [-0.2, 0) is 20.9 Å². The molecule has 3 N–H and O–H groups in total. The Kier molecular flexibility index (Phi) is 3.63. The number of benzene rings is 1. The number of nitrogens with zero attached hydrogens (tertiary/aromatic N) is 1. The number of ketones is 1. The van der Waals surface area contributed by atoms with Gasteiger partial charge in [0.25, 0.3) is 0 Å². The van der Waals surface area contributed by atoms with Gasteiger partial charge in [-0.15, -0.1) is 0 Å². The van der Waals surface area contributed by atoms with Gasteiger partial charge < -0.3 is 14.8 Å². The van der Waals surface area contributed by atoms with Crippen molar-refractivity contribution in [2.24, 2.45) is 0 Å². The molecule has 0 amide bonds. The lowest BCUT2D eigenvalue weighted by atomic mass is 10.0. The lowest BCUT2D eigenvalue weighted by Gasteiger charge is -2.14. The number of carboxylic acids is 1. The van der Waals surface area contributed by atoms with Gasteiger partial charge in [-0.25, -0.2) is 9.78 Å². The number of Topliss-reactive ketones (excluding diaryl/α,β-unsaturated/α-hetero) is 1. The fraction of sp³-hybridized carbons (Fsp3) is 0.0952. The molecule has 2 aromatic heterocycles. The number of H-pyrrole nitrogens is 1. The van der Waals surface area contributed by atoms with Crippen molar-refractivity contribution in [3.05, 3.63) is 82.6 Å². The number of aromatic amines is 1. The molecular weight excluding hydrogens is 358 g/mol. The lowest BCUT2D eigenvalue weighted by molar-refractivity contribution is -0.134. The Labute approximate surface area is 159 Å². The number of fused-ring (bicyclic) bond motifs is 2. The number of carbonyl (C=O) groups excluding carboxylic acids is 1. The fourth-order valence-corrected chi connectivity index (χ4v) is 3.72. The Hall–Kier alpha value is -3.71. The van der Waals surface area contributed by atoms with Gasteiger partial charge in [0.15, 0.2) is 11.3 Å². The number of pyridine rings is 1. The molecule has 5 rings (SSSR count). The third-order valence-electron chi connectivity index (χ3n) is 5.03. The van der Waals surface area contributed by atoms with Crippen LogP contribution >= 0.6 is 0 Å². The monoisotopic (exact) mass is 373 g/mol. The number of hydrogen-bond acceptors (Lipinski definition) is 5. The molecule has 1 aromatic carbocycles. The molecule has 0 spiro atoms. The van der Waals surface area contributed by atoms with E-state index in [9.17, 15) is 14.7 Å². The Morgan fingerprint density at radius 1 is 1.25 bits per heavy atom. The predicted octanol–water partition coefficient (Wildman–Crippen LogP) is 2.69. The van der Waals surface area contributed by atoms with Crippen LogP contribution in [0.3, 0.4) is 0 Å². The van der Waals surface area contributed by atoms with E-state index in [1.807, 2.05) is 30.3 Å². The smallest absolute Gasteiger partial charge is 0.343 e. The summed E-state index contributed by atoms with van der Waals surface area (Å²) in [6.45, 7) is 0.585. The van der Waals surface area contributed by atoms with Gasteiger partial charge in [0.2, 0.25) is 5.78 Å². The highest BCUT2D eigenvalue weighted by Gasteiger charge is 2.41.